The monoisotopic (exact) mass is 426 g/mol. The number of benzene rings is 1. The minimum atomic E-state index is -0.584. The van der Waals surface area contributed by atoms with E-state index in [1.807, 2.05) is 12.1 Å². The first-order valence-electron chi connectivity index (χ1n) is 11.7. The molecule has 0 aromatic heterocycles. The minimum Gasteiger partial charge on any atom is -0.379 e. The van der Waals surface area contributed by atoms with Crippen molar-refractivity contribution in [2.45, 2.75) is 82.8 Å². The fourth-order valence-corrected chi connectivity index (χ4v) is 5.35. The summed E-state index contributed by atoms with van der Waals surface area (Å²) in [7, 11) is 0. The fourth-order valence-electron chi connectivity index (χ4n) is 5.35. The highest BCUT2D eigenvalue weighted by Gasteiger charge is 2.41. The number of hydrogen-bond acceptors (Lipinski definition) is 5. The Labute approximate surface area is 184 Å². The van der Waals surface area contributed by atoms with Gasteiger partial charge in [-0.3, -0.25) is 19.7 Å². The maximum atomic E-state index is 13.1. The van der Waals surface area contributed by atoms with Gasteiger partial charge in [-0.25, -0.2) is 0 Å². The maximum absolute atomic E-state index is 13.1. The first-order chi connectivity index (χ1) is 14.9. The number of rotatable bonds is 7. The molecule has 4 rings (SSSR count). The van der Waals surface area contributed by atoms with Crippen LogP contribution in [-0.2, 0) is 16.1 Å². The van der Waals surface area contributed by atoms with Crippen LogP contribution in [0, 0.1) is 5.92 Å². The number of unbranched alkanes of at least 4 members (excludes halogenated alkanes) is 1. The number of nitrogens with two attached hydrogens (primary N) is 1. The average molecular weight is 427 g/mol. The summed E-state index contributed by atoms with van der Waals surface area (Å²) >= 11 is 0. The normalized spacial score (nSPS) is 28.5. The van der Waals surface area contributed by atoms with Crippen LogP contribution in [0.25, 0.3) is 0 Å². The summed E-state index contributed by atoms with van der Waals surface area (Å²) in [6, 6.07) is 5.24. The molecular weight excluding hydrogens is 392 g/mol. The van der Waals surface area contributed by atoms with Crippen molar-refractivity contribution in [3.05, 3.63) is 29.3 Å². The smallest absolute Gasteiger partial charge is 0.255 e. The van der Waals surface area contributed by atoms with Crippen molar-refractivity contribution in [1.82, 2.24) is 10.2 Å². The van der Waals surface area contributed by atoms with Gasteiger partial charge < -0.3 is 16.0 Å². The molecule has 0 radical (unpaired) electrons. The third-order valence-electron chi connectivity index (χ3n) is 7.32. The Hall–Kier alpha value is -2.41. The highest BCUT2D eigenvalue weighted by atomic mass is 16.2. The number of imide groups is 1. The fraction of sp³-hybridized carbons (Fsp3) is 0.625. The SMILES string of the molecule is CC1CCC(CCCCN)(Nc2cccc3c2CN(C2CCC(=O)NC2=O)C3=O)CC1. The highest BCUT2D eigenvalue weighted by molar-refractivity contribution is 6.06. The molecule has 1 aromatic carbocycles. The van der Waals surface area contributed by atoms with Crippen LogP contribution in [0.5, 0.6) is 0 Å². The van der Waals surface area contributed by atoms with E-state index in [1.165, 1.54) is 12.8 Å². The number of carbonyl (C=O) groups is 3. The zero-order chi connectivity index (χ0) is 22.0. The molecule has 1 aliphatic carbocycles. The van der Waals surface area contributed by atoms with Crippen LogP contribution in [0.2, 0.25) is 0 Å². The van der Waals surface area contributed by atoms with E-state index in [9.17, 15) is 14.4 Å². The van der Waals surface area contributed by atoms with Gasteiger partial charge in [0, 0.05) is 35.3 Å². The van der Waals surface area contributed by atoms with Gasteiger partial charge in [0.05, 0.1) is 0 Å². The van der Waals surface area contributed by atoms with Gasteiger partial charge in [0.1, 0.15) is 6.04 Å². The van der Waals surface area contributed by atoms with Gasteiger partial charge in [-0.2, -0.15) is 0 Å². The molecule has 1 atom stereocenters. The Morgan fingerprint density at radius 2 is 1.94 bits per heavy atom. The number of hydrogen-bond donors (Lipinski definition) is 3. The topological polar surface area (TPSA) is 105 Å². The van der Waals surface area contributed by atoms with Crippen molar-refractivity contribution in [3.8, 4) is 0 Å². The van der Waals surface area contributed by atoms with E-state index in [2.05, 4.69) is 23.6 Å². The second-order valence-electron chi connectivity index (χ2n) is 9.57. The molecule has 3 amide bonds. The Kier molecular flexibility index (Phi) is 6.32. The summed E-state index contributed by atoms with van der Waals surface area (Å²) in [6.45, 7) is 3.43. The van der Waals surface area contributed by atoms with Crippen molar-refractivity contribution in [2.75, 3.05) is 11.9 Å². The Morgan fingerprint density at radius 3 is 2.65 bits per heavy atom. The van der Waals surface area contributed by atoms with Crippen LogP contribution >= 0.6 is 0 Å². The molecule has 1 unspecified atom stereocenters. The first kappa shape index (κ1) is 21.8. The molecule has 2 heterocycles. The maximum Gasteiger partial charge on any atom is 0.255 e. The molecule has 168 valence electrons. The lowest BCUT2D eigenvalue weighted by atomic mass is 9.74. The average Bonchev–Trinajstić information content (AvgIpc) is 3.08. The van der Waals surface area contributed by atoms with Gasteiger partial charge in [-0.1, -0.05) is 13.0 Å². The number of piperidine rings is 1. The zero-order valence-corrected chi connectivity index (χ0v) is 18.4. The Morgan fingerprint density at radius 1 is 1.16 bits per heavy atom. The number of fused-ring (bicyclic) bond motifs is 1. The Balaban J connectivity index is 1.56. The molecule has 2 fully saturated rings. The molecule has 4 N–H and O–H groups in total. The van der Waals surface area contributed by atoms with Crippen molar-refractivity contribution < 1.29 is 14.4 Å². The van der Waals surface area contributed by atoms with Crippen LogP contribution in [0.1, 0.15) is 80.6 Å². The van der Waals surface area contributed by atoms with Crippen molar-refractivity contribution in [1.29, 1.82) is 0 Å². The van der Waals surface area contributed by atoms with Gasteiger partial charge in [0.2, 0.25) is 11.8 Å². The molecule has 1 saturated heterocycles. The van der Waals surface area contributed by atoms with Gasteiger partial charge in [-0.15, -0.1) is 0 Å². The van der Waals surface area contributed by atoms with Gasteiger partial charge in [-0.05, 0) is 76.0 Å². The van der Waals surface area contributed by atoms with E-state index in [0.717, 1.165) is 49.3 Å². The lowest BCUT2D eigenvalue weighted by Crippen LogP contribution is -2.52. The number of nitrogens with one attached hydrogen (secondary N) is 2. The molecular formula is C24H34N4O3. The predicted octanol–water partition coefficient (Wildman–Crippen LogP) is 2.94. The third kappa shape index (κ3) is 4.47. The zero-order valence-electron chi connectivity index (χ0n) is 18.4. The van der Waals surface area contributed by atoms with E-state index in [0.29, 0.717) is 25.1 Å². The molecule has 2 aliphatic heterocycles. The standard InChI is InChI=1S/C24H34N4O3/c1-16-9-12-24(13-10-16,11-2-3-14-25)27-19-6-4-5-17-18(19)15-28(23(17)31)20-7-8-21(29)26-22(20)30/h4-6,16,20,27H,2-3,7-15,25H2,1H3,(H,26,29,30). The summed E-state index contributed by atoms with van der Waals surface area (Å²) in [6.07, 6.45) is 8.48. The number of anilines is 1. The van der Waals surface area contributed by atoms with Gasteiger partial charge in [0.25, 0.3) is 5.91 Å². The summed E-state index contributed by atoms with van der Waals surface area (Å²) in [5.41, 5.74) is 8.40. The van der Waals surface area contributed by atoms with Crippen LogP contribution in [0.4, 0.5) is 5.69 Å². The second-order valence-corrected chi connectivity index (χ2v) is 9.57. The van der Waals surface area contributed by atoms with E-state index < -0.39 is 6.04 Å². The Bertz CT molecular complexity index is 860. The number of amides is 3. The minimum absolute atomic E-state index is 0.0297. The molecule has 3 aliphatic rings. The summed E-state index contributed by atoms with van der Waals surface area (Å²) in [5.74, 6) is -0.0109. The van der Waals surface area contributed by atoms with Crippen LogP contribution in [0.15, 0.2) is 18.2 Å². The molecule has 7 heteroatoms. The molecule has 7 nitrogen and oxygen atoms in total. The van der Waals surface area contributed by atoms with Crippen LogP contribution in [0.3, 0.4) is 0 Å². The summed E-state index contributed by atoms with van der Waals surface area (Å²) in [4.78, 5) is 38.6. The van der Waals surface area contributed by atoms with E-state index in [1.54, 1.807) is 4.90 Å². The predicted molar refractivity (Wildman–Crippen MR) is 119 cm³/mol. The molecule has 0 spiro atoms. The molecule has 0 bridgehead atoms. The summed E-state index contributed by atoms with van der Waals surface area (Å²) in [5, 5.41) is 6.24. The van der Waals surface area contributed by atoms with Crippen molar-refractivity contribution in [3.63, 3.8) is 0 Å². The first-order valence-corrected chi connectivity index (χ1v) is 11.7. The third-order valence-corrected chi connectivity index (χ3v) is 7.32. The molecule has 1 aromatic rings. The van der Waals surface area contributed by atoms with Crippen molar-refractivity contribution >= 4 is 23.4 Å². The van der Waals surface area contributed by atoms with E-state index in [4.69, 9.17) is 5.73 Å². The van der Waals surface area contributed by atoms with Crippen LogP contribution in [-0.4, -0.2) is 40.7 Å². The number of nitrogens with zero attached hydrogens (tertiary/aromatic N) is 1. The van der Waals surface area contributed by atoms with E-state index >= 15 is 0 Å². The second kappa shape index (κ2) is 8.99. The lowest BCUT2D eigenvalue weighted by molar-refractivity contribution is -0.136. The molecule has 1 saturated carbocycles. The lowest BCUT2D eigenvalue weighted by Gasteiger charge is -2.42. The van der Waals surface area contributed by atoms with E-state index in [-0.39, 0.29) is 29.7 Å². The van der Waals surface area contributed by atoms with Crippen LogP contribution < -0.4 is 16.4 Å². The summed E-state index contributed by atoms with van der Waals surface area (Å²) < 4.78 is 0. The highest BCUT2D eigenvalue weighted by Crippen LogP contribution is 2.40. The van der Waals surface area contributed by atoms with Crippen molar-refractivity contribution in [2.24, 2.45) is 11.7 Å². The largest absolute Gasteiger partial charge is 0.379 e. The number of carbonyl (C=O) groups excluding carboxylic acids is 3. The van der Waals surface area contributed by atoms with Gasteiger partial charge >= 0.3 is 0 Å². The quantitative estimate of drug-likeness (QED) is 0.459. The molecule has 31 heavy (non-hydrogen) atoms. The van der Waals surface area contributed by atoms with Gasteiger partial charge in [0.15, 0.2) is 0 Å².